The molecule has 0 saturated heterocycles. The van der Waals surface area contributed by atoms with E-state index in [1.807, 2.05) is 12.1 Å². The van der Waals surface area contributed by atoms with Crippen LogP contribution in [0.25, 0.3) is 0 Å². The lowest BCUT2D eigenvalue weighted by Gasteiger charge is -2.14. The van der Waals surface area contributed by atoms with Gasteiger partial charge in [0.25, 0.3) is 0 Å². The second-order valence-electron chi connectivity index (χ2n) is 4.74. The van der Waals surface area contributed by atoms with Gasteiger partial charge in [-0.2, -0.15) is 0 Å². The standard InChI is InChI=1S/C13H20ClNO3S/c1-10(2)15-9-11-5-4-6-12(14)13(11)18-7-8-19(3,16)17/h4-6,10,15H,7-9H2,1-3H3. The molecule has 6 heteroatoms. The summed E-state index contributed by atoms with van der Waals surface area (Å²) in [4.78, 5) is 0. The number of hydrogen-bond donors (Lipinski definition) is 1. The van der Waals surface area contributed by atoms with E-state index < -0.39 is 9.84 Å². The summed E-state index contributed by atoms with van der Waals surface area (Å²) < 4.78 is 27.7. The number of ether oxygens (including phenoxy) is 1. The zero-order valence-electron chi connectivity index (χ0n) is 11.4. The monoisotopic (exact) mass is 305 g/mol. The molecule has 0 unspecified atom stereocenters. The average Bonchev–Trinajstić information content (AvgIpc) is 2.27. The predicted octanol–water partition coefficient (Wildman–Crippen LogP) is 2.26. The Labute approximate surface area is 120 Å². The fourth-order valence-electron chi connectivity index (χ4n) is 1.46. The van der Waals surface area contributed by atoms with E-state index >= 15 is 0 Å². The summed E-state index contributed by atoms with van der Waals surface area (Å²) in [6, 6.07) is 5.85. The molecule has 0 aliphatic heterocycles. The molecule has 4 nitrogen and oxygen atoms in total. The molecule has 0 bridgehead atoms. The molecular formula is C13H20ClNO3S. The maximum atomic E-state index is 11.1. The second kappa shape index (κ2) is 7.12. The van der Waals surface area contributed by atoms with Crippen molar-refractivity contribution in [1.29, 1.82) is 0 Å². The molecule has 0 aromatic heterocycles. The van der Waals surface area contributed by atoms with Gasteiger partial charge in [0.2, 0.25) is 0 Å². The van der Waals surface area contributed by atoms with Gasteiger partial charge in [0, 0.05) is 24.4 Å². The van der Waals surface area contributed by atoms with Gasteiger partial charge in [0.1, 0.15) is 12.4 Å². The minimum absolute atomic E-state index is 0.0186. The highest BCUT2D eigenvalue weighted by atomic mass is 35.5. The maximum absolute atomic E-state index is 11.1. The number of rotatable bonds is 7. The van der Waals surface area contributed by atoms with E-state index in [2.05, 4.69) is 19.2 Å². The summed E-state index contributed by atoms with van der Waals surface area (Å²) >= 11 is 6.09. The highest BCUT2D eigenvalue weighted by molar-refractivity contribution is 7.90. The molecule has 108 valence electrons. The Kier molecular flexibility index (Phi) is 6.10. The van der Waals surface area contributed by atoms with Crippen molar-refractivity contribution in [3.05, 3.63) is 28.8 Å². The molecule has 0 amide bonds. The molecule has 1 rings (SSSR count). The maximum Gasteiger partial charge on any atom is 0.150 e. The molecule has 1 aromatic carbocycles. The third-order valence-corrected chi connectivity index (χ3v) is 3.66. The first kappa shape index (κ1) is 16.3. The normalized spacial score (nSPS) is 11.8. The van der Waals surface area contributed by atoms with Crippen LogP contribution in [-0.4, -0.2) is 33.1 Å². The van der Waals surface area contributed by atoms with E-state index in [1.54, 1.807) is 6.07 Å². The molecule has 0 fully saturated rings. The van der Waals surface area contributed by atoms with Gasteiger partial charge in [-0.05, 0) is 6.07 Å². The Balaban J connectivity index is 2.74. The molecule has 0 spiro atoms. The molecular weight excluding hydrogens is 286 g/mol. The number of sulfone groups is 1. The van der Waals surface area contributed by atoms with Crippen LogP contribution in [0.2, 0.25) is 5.02 Å². The summed E-state index contributed by atoms with van der Waals surface area (Å²) in [5.74, 6) is 0.538. The van der Waals surface area contributed by atoms with Crippen LogP contribution in [0.1, 0.15) is 19.4 Å². The number of para-hydroxylation sites is 1. The average molecular weight is 306 g/mol. The van der Waals surface area contributed by atoms with Gasteiger partial charge in [-0.1, -0.05) is 37.6 Å². The van der Waals surface area contributed by atoms with Crippen molar-refractivity contribution in [1.82, 2.24) is 5.32 Å². The van der Waals surface area contributed by atoms with Crippen LogP contribution in [0.5, 0.6) is 5.75 Å². The van der Waals surface area contributed by atoms with Crippen molar-refractivity contribution in [3.8, 4) is 5.75 Å². The molecule has 0 heterocycles. The lowest BCUT2D eigenvalue weighted by Crippen LogP contribution is -2.22. The van der Waals surface area contributed by atoms with E-state index in [-0.39, 0.29) is 12.4 Å². The molecule has 0 aliphatic rings. The highest BCUT2D eigenvalue weighted by Crippen LogP contribution is 2.28. The Bertz CT molecular complexity index is 515. The molecule has 0 aliphatic carbocycles. The van der Waals surface area contributed by atoms with Crippen LogP contribution in [0.15, 0.2) is 18.2 Å². The van der Waals surface area contributed by atoms with Gasteiger partial charge in [-0.15, -0.1) is 0 Å². The molecule has 1 N–H and O–H groups in total. The first-order valence-corrected chi connectivity index (χ1v) is 8.55. The van der Waals surface area contributed by atoms with Gasteiger partial charge in [-0.25, -0.2) is 8.42 Å². The van der Waals surface area contributed by atoms with Gasteiger partial charge < -0.3 is 10.1 Å². The summed E-state index contributed by atoms with van der Waals surface area (Å²) in [5.41, 5.74) is 0.926. The molecule has 0 radical (unpaired) electrons. The van der Waals surface area contributed by atoms with E-state index in [4.69, 9.17) is 16.3 Å². The van der Waals surface area contributed by atoms with Gasteiger partial charge in [-0.3, -0.25) is 0 Å². The van der Waals surface area contributed by atoms with E-state index in [0.717, 1.165) is 5.56 Å². The second-order valence-corrected chi connectivity index (χ2v) is 7.41. The third-order valence-electron chi connectivity index (χ3n) is 2.45. The Morgan fingerprint density at radius 3 is 2.63 bits per heavy atom. The van der Waals surface area contributed by atoms with Crippen molar-refractivity contribution >= 4 is 21.4 Å². The molecule has 0 atom stereocenters. The van der Waals surface area contributed by atoms with Crippen LogP contribution in [0, 0.1) is 0 Å². The van der Waals surface area contributed by atoms with Crippen molar-refractivity contribution in [3.63, 3.8) is 0 Å². The van der Waals surface area contributed by atoms with Crippen molar-refractivity contribution < 1.29 is 13.2 Å². The summed E-state index contributed by atoms with van der Waals surface area (Å²) in [5, 5.41) is 3.78. The van der Waals surface area contributed by atoms with Gasteiger partial charge in [0.15, 0.2) is 9.84 Å². The predicted molar refractivity (Wildman–Crippen MR) is 78.6 cm³/mol. The van der Waals surface area contributed by atoms with E-state index in [9.17, 15) is 8.42 Å². The smallest absolute Gasteiger partial charge is 0.150 e. The number of benzene rings is 1. The van der Waals surface area contributed by atoms with Gasteiger partial charge >= 0.3 is 0 Å². The quantitative estimate of drug-likeness (QED) is 0.839. The largest absolute Gasteiger partial charge is 0.491 e. The van der Waals surface area contributed by atoms with Crippen LogP contribution in [-0.2, 0) is 16.4 Å². The summed E-state index contributed by atoms with van der Waals surface area (Å²) in [6.07, 6.45) is 1.18. The number of halogens is 1. The Morgan fingerprint density at radius 2 is 2.05 bits per heavy atom. The third kappa shape index (κ3) is 6.27. The first-order chi connectivity index (χ1) is 8.79. The topological polar surface area (TPSA) is 55.4 Å². The Hall–Kier alpha value is -0.780. The van der Waals surface area contributed by atoms with Crippen molar-refractivity contribution in [2.24, 2.45) is 0 Å². The van der Waals surface area contributed by atoms with Crippen LogP contribution in [0.4, 0.5) is 0 Å². The number of hydrogen-bond acceptors (Lipinski definition) is 4. The highest BCUT2D eigenvalue weighted by Gasteiger charge is 2.10. The van der Waals surface area contributed by atoms with Crippen LogP contribution < -0.4 is 10.1 Å². The SMILES string of the molecule is CC(C)NCc1cccc(Cl)c1OCCS(C)(=O)=O. The zero-order chi connectivity index (χ0) is 14.5. The minimum Gasteiger partial charge on any atom is -0.491 e. The first-order valence-electron chi connectivity index (χ1n) is 6.11. The fourth-order valence-corrected chi connectivity index (χ4v) is 2.10. The van der Waals surface area contributed by atoms with Crippen molar-refractivity contribution in [2.75, 3.05) is 18.6 Å². The molecule has 0 saturated carbocycles. The van der Waals surface area contributed by atoms with Gasteiger partial charge in [0.05, 0.1) is 10.8 Å². The molecule has 1 aromatic rings. The zero-order valence-corrected chi connectivity index (χ0v) is 13.0. The van der Waals surface area contributed by atoms with Crippen LogP contribution >= 0.6 is 11.6 Å². The lowest BCUT2D eigenvalue weighted by molar-refractivity contribution is 0.336. The Morgan fingerprint density at radius 1 is 1.37 bits per heavy atom. The van der Waals surface area contributed by atoms with Crippen LogP contribution in [0.3, 0.4) is 0 Å². The van der Waals surface area contributed by atoms with E-state index in [0.29, 0.717) is 23.4 Å². The minimum atomic E-state index is -3.03. The van der Waals surface area contributed by atoms with Crippen molar-refractivity contribution in [2.45, 2.75) is 26.4 Å². The summed E-state index contributed by atoms with van der Waals surface area (Å²) in [7, 11) is -3.03. The van der Waals surface area contributed by atoms with E-state index in [1.165, 1.54) is 6.26 Å². The lowest BCUT2D eigenvalue weighted by atomic mass is 10.2. The summed E-state index contributed by atoms with van der Waals surface area (Å²) in [6.45, 7) is 4.84. The fraction of sp³-hybridized carbons (Fsp3) is 0.538. The molecule has 19 heavy (non-hydrogen) atoms. The number of nitrogens with one attached hydrogen (secondary N) is 1.